The summed E-state index contributed by atoms with van der Waals surface area (Å²) in [5.74, 6) is 1.08. The number of aromatic amines is 1. The first-order valence-corrected chi connectivity index (χ1v) is 9.66. The van der Waals surface area contributed by atoms with Gasteiger partial charge in [0.25, 0.3) is 0 Å². The highest BCUT2D eigenvalue weighted by atomic mass is 35.5. The van der Waals surface area contributed by atoms with Crippen molar-refractivity contribution in [1.82, 2.24) is 25.1 Å². The van der Waals surface area contributed by atoms with Gasteiger partial charge in [-0.15, -0.1) is 0 Å². The van der Waals surface area contributed by atoms with Crippen LogP contribution in [0.4, 0.5) is 17.3 Å². The SMILES string of the molecule is O=C1CCCN1c1cncc(Nc2ncc(Cl)c(-c3cc(C4CC4)[nH]n3)n2)c1. The van der Waals surface area contributed by atoms with Gasteiger partial charge in [0.05, 0.1) is 35.0 Å². The van der Waals surface area contributed by atoms with Crippen LogP contribution in [0.5, 0.6) is 0 Å². The average molecular weight is 396 g/mol. The summed E-state index contributed by atoms with van der Waals surface area (Å²) in [5.41, 5.74) is 3.86. The molecule has 1 saturated heterocycles. The van der Waals surface area contributed by atoms with Crippen LogP contribution >= 0.6 is 11.6 Å². The lowest BCUT2D eigenvalue weighted by molar-refractivity contribution is -0.117. The minimum Gasteiger partial charge on any atom is -0.323 e. The molecule has 4 heterocycles. The van der Waals surface area contributed by atoms with E-state index in [1.54, 1.807) is 23.5 Å². The molecule has 0 spiro atoms. The number of rotatable bonds is 5. The Balaban J connectivity index is 1.40. The van der Waals surface area contributed by atoms with Gasteiger partial charge in [0, 0.05) is 24.6 Å². The summed E-state index contributed by atoms with van der Waals surface area (Å²) in [5, 5.41) is 11.0. The number of carbonyl (C=O) groups excluding carboxylic acids is 1. The molecular weight excluding hydrogens is 378 g/mol. The zero-order valence-electron chi connectivity index (χ0n) is 15.0. The minimum absolute atomic E-state index is 0.119. The van der Waals surface area contributed by atoms with Crippen LogP contribution in [0.3, 0.4) is 0 Å². The Bertz CT molecular complexity index is 1050. The van der Waals surface area contributed by atoms with Crippen molar-refractivity contribution in [2.24, 2.45) is 0 Å². The van der Waals surface area contributed by atoms with Crippen molar-refractivity contribution >= 4 is 34.8 Å². The molecule has 0 aromatic carbocycles. The predicted molar refractivity (Wildman–Crippen MR) is 106 cm³/mol. The average Bonchev–Trinajstić information content (AvgIpc) is 3.27. The minimum atomic E-state index is 0.119. The maximum Gasteiger partial charge on any atom is 0.227 e. The van der Waals surface area contributed by atoms with Crippen molar-refractivity contribution in [2.45, 2.75) is 31.6 Å². The van der Waals surface area contributed by atoms with Crippen molar-refractivity contribution in [3.63, 3.8) is 0 Å². The fourth-order valence-electron chi connectivity index (χ4n) is 3.36. The molecule has 0 bridgehead atoms. The maximum absolute atomic E-state index is 12.0. The molecule has 1 aliphatic heterocycles. The number of aromatic nitrogens is 5. The normalized spacial score (nSPS) is 16.6. The molecule has 1 aliphatic carbocycles. The molecule has 5 rings (SSSR count). The standard InChI is InChI=1S/C19H18ClN7O/c20-14-10-22-19(24-18(14)16-7-15(25-26-16)11-3-4-11)23-12-6-13(9-21-8-12)27-5-1-2-17(27)28/h6-11H,1-5H2,(H,25,26)(H,22,23,24). The molecule has 2 aliphatic rings. The van der Waals surface area contributed by atoms with Crippen LogP contribution in [0.2, 0.25) is 5.02 Å². The highest BCUT2D eigenvalue weighted by molar-refractivity contribution is 6.32. The van der Waals surface area contributed by atoms with Crippen molar-refractivity contribution in [3.8, 4) is 11.4 Å². The number of hydrogen-bond donors (Lipinski definition) is 2. The monoisotopic (exact) mass is 395 g/mol. The summed E-state index contributed by atoms with van der Waals surface area (Å²) in [7, 11) is 0. The van der Waals surface area contributed by atoms with Gasteiger partial charge in [-0.1, -0.05) is 11.6 Å². The first-order chi connectivity index (χ1) is 13.7. The van der Waals surface area contributed by atoms with Gasteiger partial charge >= 0.3 is 0 Å². The molecule has 9 heteroatoms. The fourth-order valence-corrected chi connectivity index (χ4v) is 3.55. The molecule has 28 heavy (non-hydrogen) atoms. The Morgan fingerprint density at radius 2 is 2.11 bits per heavy atom. The summed E-state index contributed by atoms with van der Waals surface area (Å²) in [6.07, 6.45) is 8.73. The number of carbonyl (C=O) groups is 1. The Morgan fingerprint density at radius 1 is 1.21 bits per heavy atom. The number of nitrogens with zero attached hydrogens (tertiary/aromatic N) is 5. The smallest absolute Gasteiger partial charge is 0.227 e. The van der Waals surface area contributed by atoms with Crippen LogP contribution in [0.1, 0.15) is 37.3 Å². The lowest BCUT2D eigenvalue weighted by atomic mass is 10.2. The van der Waals surface area contributed by atoms with E-state index in [0.717, 1.165) is 17.8 Å². The number of anilines is 3. The second kappa shape index (κ2) is 6.87. The lowest BCUT2D eigenvalue weighted by Crippen LogP contribution is -2.23. The Hall–Kier alpha value is -3.00. The van der Waals surface area contributed by atoms with Crippen LogP contribution in [0.25, 0.3) is 11.4 Å². The number of hydrogen-bond acceptors (Lipinski definition) is 6. The number of H-pyrrole nitrogens is 1. The third kappa shape index (κ3) is 3.31. The summed E-state index contributed by atoms with van der Waals surface area (Å²) in [6.45, 7) is 0.716. The van der Waals surface area contributed by atoms with E-state index >= 15 is 0 Å². The van der Waals surface area contributed by atoms with Crippen molar-refractivity contribution < 1.29 is 4.79 Å². The van der Waals surface area contributed by atoms with Gasteiger partial charge in [-0.3, -0.25) is 14.9 Å². The van der Waals surface area contributed by atoms with Crippen LogP contribution in [-0.2, 0) is 4.79 Å². The Labute approximate surface area is 166 Å². The molecule has 3 aromatic rings. The van der Waals surface area contributed by atoms with E-state index < -0.39 is 0 Å². The first kappa shape index (κ1) is 17.1. The van der Waals surface area contributed by atoms with Gasteiger partial charge in [0.2, 0.25) is 11.9 Å². The maximum atomic E-state index is 12.0. The highest BCUT2D eigenvalue weighted by Gasteiger charge is 2.26. The predicted octanol–water partition coefficient (Wildman–Crippen LogP) is 3.66. The number of amides is 1. The van der Waals surface area contributed by atoms with Crippen molar-refractivity contribution in [1.29, 1.82) is 0 Å². The molecule has 0 atom stereocenters. The number of pyridine rings is 1. The summed E-state index contributed by atoms with van der Waals surface area (Å²) >= 11 is 6.30. The van der Waals surface area contributed by atoms with E-state index in [1.165, 1.54) is 12.8 Å². The van der Waals surface area contributed by atoms with E-state index in [9.17, 15) is 4.79 Å². The van der Waals surface area contributed by atoms with Gasteiger partial charge in [0.15, 0.2) is 0 Å². The molecule has 8 nitrogen and oxygen atoms in total. The third-order valence-electron chi connectivity index (χ3n) is 4.97. The Kier molecular flexibility index (Phi) is 4.20. The van der Waals surface area contributed by atoms with Gasteiger partial charge in [-0.2, -0.15) is 5.10 Å². The molecule has 0 radical (unpaired) electrons. The van der Waals surface area contributed by atoms with Crippen LogP contribution in [0.15, 0.2) is 30.7 Å². The summed E-state index contributed by atoms with van der Waals surface area (Å²) in [6, 6.07) is 3.87. The second-order valence-corrected chi connectivity index (χ2v) is 7.49. The Morgan fingerprint density at radius 3 is 2.89 bits per heavy atom. The van der Waals surface area contributed by atoms with Gasteiger partial charge in [-0.25, -0.2) is 9.97 Å². The zero-order valence-corrected chi connectivity index (χ0v) is 15.8. The summed E-state index contributed by atoms with van der Waals surface area (Å²) < 4.78 is 0. The lowest BCUT2D eigenvalue weighted by Gasteiger charge is -2.16. The molecule has 3 aromatic heterocycles. The van der Waals surface area contributed by atoms with Gasteiger partial charge < -0.3 is 10.2 Å². The van der Waals surface area contributed by atoms with E-state index in [2.05, 4.69) is 30.5 Å². The molecule has 0 unspecified atom stereocenters. The van der Waals surface area contributed by atoms with Crippen LogP contribution in [0, 0.1) is 0 Å². The molecular formula is C19H18ClN7O. The topological polar surface area (TPSA) is 99.7 Å². The number of halogens is 1. The van der Waals surface area contributed by atoms with Crippen LogP contribution < -0.4 is 10.2 Å². The fraction of sp³-hybridized carbons (Fsp3) is 0.316. The molecule has 2 N–H and O–H groups in total. The largest absolute Gasteiger partial charge is 0.323 e. The first-order valence-electron chi connectivity index (χ1n) is 9.28. The summed E-state index contributed by atoms with van der Waals surface area (Å²) in [4.78, 5) is 26.7. The van der Waals surface area contributed by atoms with E-state index in [-0.39, 0.29) is 5.91 Å². The second-order valence-electron chi connectivity index (χ2n) is 7.08. The number of nitrogens with one attached hydrogen (secondary N) is 2. The van der Waals surface area contributed by atoms with E-state index in [4.69, 9.17) is 11.6 Å². The highest BCUT2D eigenvalue weighted by Crippen LogP contribution is 2.40. The van der Waals surface area contributed by atoms with Crippen LogP contribution in [-0.4, -0.2) is 37.6 Å². The zero-order chi connectivity index (χ0) is 19.1. The molecule has 142 valence electrons. The molecule has 1 saturated carbocycles. The van der Waals surface area contributed by atoms with Gasteiger partial charge in [-0.05, 0) is 31.4 Å². The quantitative estimate of drug-likeness (QED) is 0.683. The molecule has 2 fully saturated rings. The van der Waals surface area contributed by atoms with Crippen molar-refractivity contribution in [2.75, 3.05) is 16.8 Å². The van der Waals surface area contributed by atoms with E-state index in [1.807, 2.05) is 12.1 Å². The van der Waals surface area contributed by atoms with Crippen molar-refractivity contribution in [3.05, 3.63) is 41.4 Å². The van der Waals surface area contributed by atoms with Gasteiger partial charge in [0.1, 0.15) is 11.4 Å². The van der Waals surface area contributed by atoms with E-state index in [0.29, 0.717) is 46.9 Å². The molecule has 1 amide bonds. The third-order valence-corrected chi connectivity index (χ3v) is 5.24.